The van der Waals surface area contributed by atoms with Gasteiger partial charge in [-0.25, -0.2) is 9.36 Å². The van der Waals surface area contributed by atoms with Gasteiger partial charge in [0.1, 0.15) is 24.1 Å². The van der Waals surface area contributed by atoms with Gasteiger partial charge in [-0.2, -0.15) is 5.09 Å². The van der Waals surface area contributed by atoms with E-state index >= 15 is 0 Å². The number of nitrogens with zero attached hydrogens (tertiary/aromatic N) is 4. The predicted octanol–water partition coefficient (Wildman–Crippen LogP) is 2.74. The number of aromatic nitrogens is 2. The second-order valence-electron chi connectivity index (χ2n) is 9.73. The van der Waals surface area contributed by atoms with Crippen LogP contribution < -0.4 is 20.9 Å². The summed E-state index contributed by atoms with van der Waals surface area (Å²) in [5, 5.41) is 17.2. The fourth-order valence-corrected chi connectivity index (χ4v) is 6.16. The number of aliphatic hydroxyl groups excluding tert-OH is 1. The molecule has 1 unspecified atom stereocenters. The van der Waals surface area contributed by atoms with Crippen molar-refractivity contribution in [1.29, 1.82) is 0 Å². The molecule has 1 saturated heterocycles. The molecular weight excluding hydrogens is 547 g/mol. The van der Waals surface area contributed by atoms with Crippen LogP contribution in [0.2, 0.25) is 0 Å². The van der Waals surface area contributed by atoms with Gasteiger partial charge in [-0.3, -0.25) is 23.7 Å². The second kappa shape index (κ2) is 12.4. The van der Waals surface area contributed by atoms with Crippen molar-refractivity contribution in [2.75, 3.05) is 6.61 Å². The maximum atomic E-state index is 13.9. The molecule has 15 nitrogen and oxygen atoms in total. The van der Waals surface area contributed by atoms with Crippen molar-refractivity contribution >= 4 is 13.7 Å². The molecule has 0 radical (unpaired) electrons. The van der Waals surface area contributed by atoms with Gasteiger partial charge < -0.3 is 19.1 Å². The standard InChI is InChI=1S/C24H31N6O9P/c1-15-20(32)24(28-29-25,38-21(15)30-13-12-19(31)26-23(30)34)14-36-40(35,39-18-10-4-3-5-11-18)27-16(2)22(33)37-17-8-6-7-9-17/h3-5,10-13,15-17,20-21,32H,6-9,14H2,1-2H3,(H,27,35)(H,26,31,34)/t15-,16-,20-,21+,24+,40?/m1/s1. The van der Waals surface area contributed by atoms with Crippen LogP contribution in [0.25, 0.3) is 10.4 Å². The summed E-state index contributed by atoms with van der Waals surface area (Å²) in [6, 6.07) is 7.99. The zero-order valence-electron chi connectivity index (χ0n) is 21.9. The number of aromatic amines is 1. The van der Waals surface area contributed by atoms with E-state index in [-0.39, 0.29) is 11.9 Å². The summed E-state index contributed by atoms with van der Waals surface area (Å²) in [6.07, 6.45) is 1.61. The number of carbonyl (C=O) groups is 1. The van der Waals surface area contributed by atoms with Crippen LogP contribution in [0.15, 0.2) is 57.3 Å². The van der Waals surface area contributed by atoms with E-state index in [1.165, 1.54) is 32.2 Å². The number of ether oxygens (including phenoxy) is 2. The molecular formula is C24H31N6O9P. The first-order valence-corrected chi connectivity index (χ1v) is 14.3. The SMILES string of the molecule is C[C@@H]1[C@@H](O)[C@@](COP(=O)(N[C@H](C)C(=O)OC2CCCC2)Oc2ccccc2)(N=[N+]=[N-])O[C@@H]1n1ccc(=O)[nH]c1=O. The van der Waals surface area contributed by atoms with E-state index in [9.17, 15) is 29.6 Å². The van der Waals surface area contributed by atoms with Crippen LogP contribution in [0, 0.1) is 5.92 Å². The molecule has 40 heavy (non-hydrogen) atoms. The average molecular weight is 579 g/mol. The van der Waals surface area contributed by atoms with E-state index in [2.05, 4.69) is 20.1 Å². The van der Waals surface area contributed by atoms with Crippen molar-refractivity contribution < 1.29 is 33.0 Å². The molecule has 1 aliphatic carbocycles. The van der Waals surface area contributed by atoms with Crippen LogP contribution in [-0.4, -0.2) is 51.2 Å². The highest BCUT2D eigenvalue weighted by atomic mass is 31.2. The summed E-state index contributed by atoms with van der Waals surface area (Å²) in [6.45, 7) is 2.17. The first-order chi connectivity index (χ1) is 19.1. The Hall–Kier alpha value is -3.45. The minimum atomic E-state index is -4.41. The summed E-state index contributed by atoms with van der Waals surface area (Å²) < 4.78 is 37.6. The van der Waals surface area contributed by atoms with Gasteiger partial charge >= 0.3 is 19.4 Å². The number of rotatable bonds is 11. The molecule has 2 heterocycles. The highest BCUT2D eigenvalue weighted by Crippen LogP contribution is 2.49. The molecule has 2 aromatic rings. The van der Waals surface area contributed by atoms with Crippen LogP contribution in [0.5, 0.6) is 5.75 Å². The van der Waals surface area contributed by atoms with Crippen LogP contribution >= 0.6 is 7.75 Å². The van der Waals surface area contributed by atoms with E-state index in [1.807, 2.05) is 0 Å². The molecule has 4 rings (SSSR count). The lowest BCUT2D eigenvalue weighted by molar-refractivity contribution is -0.150. The van der Waals surface area contributed by atoms with Crippen LogP contribution in [0.1, 0.15) is 45.8 Å². The number of nitrogens with one attached hydrogen (secondary N) is 2. The first-order valence-electron chi connectivity index (χ1n) is 12.8. The van der Waals surface area contributed by atoms with Crippen molar-refractivity contribution in [1.82, 2.24) is 14.6 Å². The average Bonchev–Trinajstić information content (AvgIpc) is 3.51. The molecule has 1 saturated carbocycles. The maximum absolute atomic E-state index is 13.9. The Morgan fingerprint density at radius 2 is 2.02 bits per heavy atom. The Morgan fingerprint density at radius 3 is 2.67 bits per heavy atom. The van der Waals surface area contributed by atoms with E-state index in [0.29, 0.717) is 0 Å². The molecule has 16 heteroatoms. The highest BCUT2D eigenvalue weighted by molar-refractivity contribution is 7.52. The van der Waals surface area contributed by atoms with E-state index in [0.717, 1.165) is 36.3 Å². The molecule has 1 aromatic heterocycles. The van der Waals surface area contributed by atoms with Gasteiger partial charge in [-0.15, -0.1) is 0 Å². The summed E-state index contributed by atoms with van der Waals surface area (Å²) in [4.78, 5) is 41.4. The molecule has 0 bridgehead atoms. The Labute approximate surface area is 228 Å². The Morgan fingerprint density at radius 1 is 1.32 bits per heavy atom. The van der Waals surface area contributed by atoms with Crippen molar-refractivity contribution in [2.24, 2.45) is 11.0 Å². The Balaban J connectivity index is 1.57. The predicted molar refractivity (Wildman–Crippen MR) is 140 cm³/mol. The Bertz CT molecular complexity index is 1410. The normalized spacial score (nSPS) is 26.9. The number of carbonyl (C=O) groups excluding carboxylic acids is 1. The van der Waals surface area contributed by atoms with Crippen LogP contribution in [0.4, 0.5) is 0 Å². The number of azide groups is 1. The van der Waals surface area contributed by atoms with Gasteiger partial charge in [0, 0.05) is 23.1 Å². The molecule has 1 aromatic carbocycles. The van der Waals surface area contributed by atoms with Crippen molar-refractivity contribution in [2.45, 2.75) is 69.7 Å². The van der Waals surface area contributed by atoms with Gasteiger partial charge in [0.05, 0.1) is 12.7 Å². The number of esters is 1. The van der Waals surface area contributed by atoms with Crippen LogP contribution in [-0.2, 0) is 23.4 Å². The van der Waals surface area contributed by atoms with Gasteiger partial charge in [-0.1, -0.05) is 30.2 Å². The number of para-hydroxylation sites is 1. The largest absolute Gasteiger partial charge is 0.461 e. The fraction of sp³-hybridized carbons (Fsp3) is 0.542. The van der Waals surface area contributed by atoms with E-state index in [1.54, 1.807) is 18.2 Å². The number of hydrogen-bond donors (Lipinski definition) is 3. The molecule has 2 aliphatic rings. The third-order valence-corrected chi connectivity index (χ3v) is 8.40. The van der Waals surface area contributed by atoms with Gasteiger partial charge in [0.15, 0.2) is 5.72 Å². The number of hydrogen-bond acceptors (Lipinski definition) is 10. The minimum absolute atomic E-state index is 0.145. The van der Waals surface area contributed by atoms with Gasteiger partial charge in [-0.05, 0) is 50.3 Å². The molecule has 0 amide bonds. The molecule has 6 atom stereocenters. The fourth-order valence-electron chi connectivity index (χ4n) is 4.65. The zero-order chi connectivity index (χ0) is 28.9. The zero-order valence-corrected chi connectivity index (χ0v) is 22.8. The quantitative estimate of drug-likeness (QED) is 0.117. The van der Waals surface area contributed by atoms with E-state index < -0.39 is 61.6 Å². The smallest absolute Gasteiger partial charge is 0.459 e. The molecule has 216 valence electrons. The third-order valence-electron chi connectivity index (χ3n) is 6.77. The minimum Gasteiger partial charge on any atom is -0.461 e. The highest BCUT2D eigenvalue weighted by Gasteiger charge is 2.55. The van der Waals surface area contributed by atoms with Crippen molar-refractivity contribution in [3.8, 4) is 5.75 Å². The summed E-state index contributed by atoms with van der Waals surface area (Å²) >= 11 is 0. The topological polar surface area (TPSA) is 207 Å². The molecule has 0 spiro atoms. The summed E-state index contributed by atoms with van der Waals surface area (Å²) in [5.41, 5.74) is 5.67. The summed E-state index contributed by atoms with van der Waals surface area (Å²) in [5.74, 6) is -1.35. The maximum Gasteiger partial charge on any atom is 0.459 e. The lowest BCUT2D eigenvalue weighted by Gasteiger charge is -2.30. The van der Waals surface area contributed by atoms with Gasteiger partial charge in [0.25, 0.3) is 5.56 Å². The lowest BCUT2D eigenvalue weighted by atomic mass is 9.98. The molecule has 2 fully saturated rings. The van der Waals surface area contributed by atoms with E-state index in [4.69, 9.17) is 18.5 Å². The van der Waals surface area contributed by atoms with Crippen LogP contribution in [0.3, 0.4) is 0 Å². The third kappa shape index (κ3) is 6.64. The van der Waals surface area contributed by atoms with Crippen molar-refractivity contribution in [3.05, 3.63) is 73.9 Å². The number of benzene rings is 1. The lowest BCUT2D eigenvalue weighted by Crippen LogP contribution is -2.44. The monoisotopic (exact) mass is 578 g/mol. The number of H-pyrrole nitrogens is 1. The Kier molecular flexibility index (Phi) is 9.14. The number of aliphatic hydroxyl groups is 1. The molecule has 1 aliphatic heterocycles. The van der Waals surface area contributed by atoms with Crippen molar-refractivity contribution in [3.63, 3.8) is 0 Å². The van der Waals surface area contributed by atoms with Gasteiger partial charge in [0.2, 0.25) is 0 Å². The second-order valence-corrected chi connectivity index (χ2v) is 11.4. The summed E-state index contributed by atoms with van der Waals surface area (Å²) in [7, 11) is -4.41. The molecule has 3 N–H and O–H groups in total. The first kappa shape index (κ1) is 29.5.